The zero-order valence-electron chi connectivity index (χ0n) is 13.7. The van der Waals surface area contributed by atoms with Crippen molar-refractivity contribution in [2.24, 2.45) is 0 Å². The average molecular weight is 445 g/mol. The van der Waals surface area contributed by atoms with E-state index in [4.69, 9.17) is 5.11 Å². The normalized spacial score (nSPS) is 11.2. The summed E-state index contributed by atoms with van der Waals surface area (Å²) in [4.78, 5) is 11.7. The zero-order chi connectivity index (χ0) is 19.5. The standard InChI is InChI=1S/C16H17BrN2O6S/c1-9-6-11(16(23)18-4-5-20)15(22)12(7-9)19-26(24,25)14-8-10(17)2-3-13(14)21/h2-3,6-8,19-22H,4-5H2,1H3,(H,18,23). The van der Waals surface area contributed by atoms with Crippen LogP contribution in [0.25, 0.3) is 0 Å². The number of halogens is 1. The van der Waals surface area contributed by atoms with Crippen LogP contribution in [0.1, 0.15) is 15.9 Å². The number of rotatable bonds is 6. The number of aliphatic hydroxyl groups is 1. The number of carbonyl (C=O) groups is 1. The Balaban J connectivity index is 2.44. The molecule has 0 aliphatic heterocycles. The highest BCUT2D eigenvalue weighted by molar-refractivity contribution is 9.10. The van der Waals surface area contributed by atoms with Crippen molar-refractivity contribution >= 4 is 37.5 Å². The number of anilines is 1. The van der Waals surface area contributed by atoms with E-state index in [0.717, 1.165) is 0 Å². The van der Waals surface area contributed by atoms with Crippen LogP contribution >= 0.6 is 15.9 Å². The Bertz CT molecular complexity index is 946. The van der Waals surface area contributed by atoms with Crippen LogP contribution in [-0.2, 0) is 10.0 Å². The van der Waals surface area contributed by atoms with Gasteiger partial charge in [0.25, 0.3) is 15.9 Å². The van der Waals surface area contributed by atoms with E-state index in [1.54, 1.807) is 6.92 Å². The lowest BCUT2D eigenvalue weighted by molar-refractivity contribution is 0.0942. The van der Waals surface area contributed by atoms with Crippen LogP contribution in [0.5, 0.6) is 11.5 Å². The average Bonchev–Trinajstić information content (AvgIpc) is 2.57. The summed E-state index contributed by atoms with van der Waals surface area (Å²) in [7, 11) is -4.23. The Kier molecular flexibility index (Phi) is 6.11. The number of phenols is 2. The van der Waals surface area contributed by atoms with Crippen LogP contribution in [0.15, 0.2) is 39.7 Å². The lowest BCUT2D eigenvalue weighted by Crippen LogP contribution is -2.26. The van der Waals surface area contributed by atoms with Crippen molar-refractivity contribution in [1.29, 1.82) is 0 Å². The molecule has 0 aromatic heterocycles. The molecule has 0 atom stereocenters. The number of aromatic hydroxyl groups is 2. The molecule has 10 heteroatoms. The molecule has 0 bridgehead atoms. The molecular weight excluding hydrogens is 428 g/mol. The highest BCUT2D eigenvalue weighted by Gasteiger charge is 2.23. The van der Waals surface area contributed by atoms with Gasteiger partial charge in [0, 0.05) is 11.0 Å². The lowest BCUT2D eigenvalue weighted by Gasteiger charge is -2.14. The summed E-state index contributed by atoms with van der Waals surface area (Å²) in [6.07, 6.45) is 0. The number of benzene rings is 2. The van der Waals surface area contributed by atoms with Crippen molar-refractivity contribution < 1.29 is 28.5 Å². The number of carbonyl (C=O) groups excluding carboxylic acids is 1. The minimum absolute atomic E-state index is 0.0147. The van der Waals surface area contributed by atoms with Gasteiger partial charge in [-0.25, -0.2) is 8.42 Å². The summed E-state index contributed by atoms with van der Waals surface area (Å²) in [6, 6.07) is 6.63. The van der Waals surface area contributed by atoms with Crippen molar-refractivity contribution in [2.75, 3.05) is 17.9 Å². The quantitative estimate of drug-likeness (QED) is 0.430. The molecule has 140 valence electrons. The minimum Gasteiger partial charge on any atom is -0.507 e. The monoisotopic (exact) mass is 444 g/mol. The molecule has 0 heterocycles. The summed E-state index contributed by atoms with van der Waals surface area (Å²) < 4.78 is 27.7. The first-order valence-corrected chi connectivity index (χ1v) is 9.67. The van der Waals surface area contributed by atoms with E-state index in [9.17, 15) is 23.4 Å². The second-order valence-electron chi connectivity index (χ2n) is 5.41. The summed E-state index contributed by atoms with van der Waals surface area (Å²) in [5.74, 6) is -1.69. The number of sulfonamides is 1. The Labute approximate surface area is 158 Å². The number of phenolic OH excluding ortho intramolecular Hbond substituents is 2. The van der Waals surface area contributed by atoms with Crippen LogP contribution in [0.4, 0.5) is 5.69 Å². The molecule has 1 amide bonds. The minimum atomic E-state index is -4.23. The fraction of sp³-hybridized carbons (Fsp3) is 0.188. The van der Waals surface area contributed by atoms with E-state index >= 15 is 0 Å². The number of amides is 1. The van der Waals surface area contributed by atoms with E-state index < -0.39 is 27.4 Å². The fourth-order valence-electron chi connectivity index (χ4n) is 2.20. The molecule has 5 N–H and O–H groups in total. The number of aliphatic hydroxyl groups excluding tert-OH is 1. The SMILES string of the molecule is Cc1cc(NS(=O)(=O)c2cc(Br)ccc2O)c(O)c(C(=O)NCCO)c1. The van der Waals surface area contributed by atoms with Crippen LogP contribution < -0.4 is 10.0 Å². The van der Waals surface area contributed by atoms with Gasteiger partial charge in [0.15, 0.2) is 5.75 Å². The third-order valence-corrected chi connectivity index (χ3v) is 5.24. The van der Waals surface area contributed by atoms with Crippen LogP contribution in [0.3, 0.4) is 0 Å². The first kappa shape index (κ1) is 20.0. The molecule has 0 saturated carbocycles. The molecule has 2 aromatic rings. The van der Waals surface area contributed by atoms with Gasteiger partial charge < -0.3 is 20.6 Å². The molecule has 0 aliphatic carbocycles. The maximum absolute atomic E-state index is 12.6. The fourth-order valence-corrected chi connectivity index (χ4v) is 3.89. The Morgan fingerprint density at radius 1 is 1.19 bits per heavy atom. The summed E-state index contributed by atoms with van der Waals surface area (Å²) in [5.41, 5.74) is 0.168. The van der Waals surface area contributed by atoms with Crippen molar-refractivity contribution in [2.45, 2.75) is 11.8 Å². The molecule has 2 rings (SSSR count). The number of hydrogen-bond acceptors (Lipinski definition) is 6. The van der Waals surface area contributed by atoms with Gasteiger partial charge in [0.1, 0.15) is 10.6 Å². The zero-order valence-corrected chi connectivity index (χ0v) is 16.1. The van der Waals surface area contributed by atoms with Crippen LogP contribution in [0, 0.1) is 6.92 Å². The summed E-state index contributed by atoms with van der Waals surface area (Å²) >= 11 is 3.13. The highest BCUT2D eigenvalue weighted by Crippen LogP contribution is 2.33. The van der Waals surface area contributed by atoms with E-state index in [1.807, 2.05) is 0 Å². The summed E-state index contributed by atoms with van der Waals surface area (Å²) in [5, 5.41) is 31.3. The van der Waals surface area contributed by atoms with E-state index in [1.165, 1.54) is 30.3 Å². The predicted octanol–water partition coefficient (Wildman–Crippen LogP) is 1.69. The molecule has 26 heavy (non-hydrogen) atoms. The molecule has 0 unspecified atom stereocenters. The maximum atomic E-state index is 12.6. The molecule has 0 spiro atoms. The van der Waals surface area contributed by atoms with Gasteiger partial charge in [-0.05, 0) is 42.8 Å². The third kappa shape index (κ3) is 4.45. The first-order chi connectivity index (χ1) is 12.2. The molecule has 0 saturated heterocycles. The predicted molar refractivity (Wildman–Crippen MR) is 98.9 cm³/mol. The Hall–Kier alpha value is -2.30. The molecule has 0 fully saturated rings. The number of nitrogens with one attached hydrogen (secondary N) is 2. The number of aryl methyl sites for hydroxylation is 1. The van der Waals surface area contributed by atoms with Gasteiger partial charge in [-0.2, -0.15) is 0 Å². The van der Waals surface area contributed by atoms with Crippen LogP contribution in [-0.4, -0.2) is 42.8 Å². The third-order valence-electron chi connectivity index (χ3n) is 3.35. The molecular formula is C16H17BrN2O6S. The Morgan fingerprint density at radius 3 is 2.54 bits per heavy atom. The topological polar surface area (TPSA) is 136 Å². The van der Waals surface area contributed by atoms with Gasteiger partial charge >= 0.3 is 0 Å². The van der Waals surface area contributed by atoms with E-state index in [-0.39, 0.29) is 29.3 Å². The van der Waals surface area contributed by atoms with E-state index in [2.05, 4.69) is 26.0 Å². The Morgan fingerprint density at radius 2 is 1.88 bits per heavy atom. The largest absolute Gasteiger partial charge is 0.507 e. The molecule has 2 aromatic carbocycles. The second-order valence-corrected chi connectivity index (χ2v) is 7.97. The smallest absolute Gasteiger partial charge is 0.265 e. The van der Waals surface area contributed by atoms with E-state index in [0.29, 0.717) is 10.0 Å². The van der Waals surface area contributed by atoms with Gasteiger partial charge in [-0.3, -0.25) is 9.52 Å². The van der Waals surface area contributed by atoms with Crippen molar-refractivity contribution in [1.82, 2.24) is 5.32 Å². The van der Waals surface area contributed by atoms with Gasteiger partial charge in [-0.15, -0.1) is 0 Å². The van der Waals surface area contributed by atoms with Crippen molar-refractivity contribution in [3.05, 3.63) is 45.9 Å². The summed E-state index contributed by atoms with van der Waals surface area (Å²) in [6.45, 7) is 1.33. The van der Waals surface area contributed by atoms with Crippen molar-refractivity contribution in [3.8, 4) is 11.5 Å². The lowest BCUT2D eigenvalue weighted by atomic mass is 10.1. The molecule has 0 radical (unpaired) electrons. The maximum Gasteiger partial charge on any atom is 0.265 e. The highest BCUT2D eigenvalue weighted by atomic mass is 79.9. The van der Waals surface area contributed by atoms with Crippen molar-refractivity contribution in [3.63, 3.8) is 0 Å². The molecule has 8 nitrogen and oxygen atoms in total. The first-order valence-electron chi connectivity index (χ1n) is 7.39. The van der Waals surface area contributed by atoms with Gasteiger partial charge in [0.2, 0.25) is 0 Å². The molecule has 0 aliphatic rings. The van der Waals surface area contributed by atoms with Gasteiger partial charge in [0.05, 0.1) is 17.9 Å². The second kappa shape index (κ2) is 7.94. The number of hydrogen-bond donors (Lipinski definition) is 5. The van der Waals surface area contributed by atoms with Gasteiger partial charge in [-0.1, -0.05) is 15.9 Å². The van der Waals surface area contributed by atoms with Crippen LogP contribution in [0.2, 0.25) is 0 Å².